The van der Waals surface area contributed by atoms with Crippen LogP contribution in [0.3, 0.4) is 0 Å². The van der Waals surface area contributed by atoms with Crippen molar-refractivity contribution in [1.82, 2.24) is 9.55 Å². The van der Waals surface area contributed by atoms with Crippen molar-refractivity contribution in [3.05, 3.63) is 78.6 Å². The van der Waals surface area contributed by atoms with Gasteiger partial charge < -0.3 is 23.7 Å². The zero-order valence-corrected chi connectivity index (χ0v) is 20.7. The third-order valence-electron chi connectivity index (χ3n) is 6.64. The monoisotopic (exact) mass is 485 g/mol. The van der Waals surface area contributed by atoms with Gasteiger partial charge in [-0.25, -0.2) is 4.98 Å². The van der Waals surface area contributed by atoms with E-state index in [0.29, 0.717) is 19.6 Å². The van der Waals surface area contributed by atoms with Gasteiger partial charge in [0.15, 0.2) is 0 Å². The fourth-order valence-corrected chi connectivity index (χ4v) is 4.78. The largest absolute Gasteiger partial charge is 0.497 e. The van der Waals surface area contributed by atoms with Crippen LogP contribution in [-0.4, -0.2) is 42.8 Å². The molecule has 5 rings (SSSR count). The van der Waals surface area contributed by atoms with E-state index in [4.69, 9.17) is 19.2 Å². The molecule has 1 saturated heterocycles. The Labute approximate surface area is 211 Å². The lowest BCUT2D eigenvalue weighted by Crippen LogP contribution is -2.24. The predicted octanol–water partition coefficient (Wildman–Crippen LogP) is 5.43. The van der Waals surface area contributed by atoms with Gasteiger partial charge in [0.25, 0.3) is 0 Å². The number of rotatable bonds is 10. The van der Waals surface area contributed by atoms with Crippen molar-refractivity contribution >= 4 is 22.6 Å². The molecule has 4 aromatic rings. The minimum atomic E-state index is 0.0339. The van der Waals surface area contributed by atoms with Gasteiger partial charge in [-0.1, -0.05) is 18.2 Å². The van der Waals surface area contributed by atoms with E-state index >= 15 is 0 Å². The van der Waals surface area contributed by atoms with Crippen LogP contribution in [0.4, 0.5) is 5.69 Å². The van der Waals surface area contributed by atoms with Gasteiger partial charge >= 0.3 is 0 Å². The van der Waals surface area contributed by atoms with Crippen LogP contribution in [0.15, 0.2) is 72.8 Å². The summed E-state index contributed by atoms with van der Waals surface area (Å²) < 4.78 is 18.7. The number of nitrogens with zero attached hydrogens (tertiary/aromatic N) is 3. The van der Waals surface area contributed by atoms with E-state index in [1.807, 2.05) is 71.6 Å². The predicted molar refractivity (Wildman–Crippen MR) is 140 cm³/mol. The minimum Gasteiger partial charge on any atom is -0.497 e. The van der Waals surface area contributed by atoms with Crippen LogP contribution in [0.2, 0.25) is 0 Å². The van der Waals surface area contributed by atoms with Crippen molar-refractivity contribution in [2.24, 2.45) is 0 Å². The van der Waals surface area contributed by atoms with Crippen molar-refractivity contribution < 1.29 is 19.0 Å². The summed E-state index contributed by atoms with van der Waals surface area (Å²) in [5.41, 5.74) is 2.94. The lowest BCUT2D eigenvalue weighted by atomic mass is 10.1. The number of ether oxygens (including phenoxy) is 3. The first-order chi connectivity index (χ1) is 17.7. The van der Waals surface area contributed by atoms with Gasteiger partial charge in [-0.3, -0.25) is 4.79 Å². The van der Waals surface area contributed by atoms with Crippen molar-refractivity contribution in [3.63, 3.8) is 0 Å². The number of hydrogen-bond donors (Lipinski definition) is 0. The number of imidazole rings is 1. The van der Waals surface area contributed by atoms with Crippen LogP contribution in [0, 0.1) is 0 Å². The number of benzene rings is 3. The number of carbonyl (C=O) groups excluding carboxylic acids is 1. The van der Waals surface area contributed by atoms with Crippen molar-refractivity contribution in [2.75, 3.05) is 32.3 Å². The molecule has 0 unspecified atom stereocenters. The van der Waals surface area contributed by atoms with E-state index in [9.17, 15) is 4.79 Å². The summed E-state index contributed by atoms with van der Waals surface area (Å²) in [6.45, 7) is 2.07. The molecular formula is C29H31N3O4. The molecule has 0 spiro atoms. The normalized spacial score (nSPS) is 15.4. The zero-order chi connectivity index (χ0) is 24.9. The Morgan fingerprint density at radius 3 is 2.47 bits per heavy atom. The molecule has 36 heavy (non-hydrogen) atoms. The van der Waals surface area contributed by atoms with E-state index in [0.717, 1.165) is 59.2 Å². The first kappa shape index (κ1) is 23.7. The highest BCUT2D eigenvalue weighted by atomic mass is 16.5. The van der Waals surface area contributed by atoms with Crippen LogP contribution in [0.25, 0.3) is 11.0 Å². The summed E-state index contributed by atoms with van der Waals surface area (Å²) in [4.78, 5) is 19.8. The number of aryl methyl sites for hydroxylation is 1. The molecule has 1 atom stereocenters. The summed E-state index contributed by atoms with van der Waals surface area (Å²) in [6.07, 6.45) is 2.31. The molecule has 3 aromatic carbocycles. The lowest BCUT2D eigenvalue weighted by Gasteiger charge is -2.18. The SMILES string of the molecule is COc1ccc(OCCCCn2c([C@@H]3CC(=O)N(c4cccc(OC)c4)C3)nc3ccccc32)cc1. The van der Waals surface area contributed by atoms with E-state index in [2.05, 4.69) is 10.6 Å². The summed E-state index contributed by atoms with van der Waals surface area (Å²) in [7, 11) is 3.29. The Hall–Kier alpha value is -4.00. The van der Waals surface area contributed by atoms with E-state index in [-0.39, 0.29) is 11.8 Å². The van der Waals surface area contributed by atoms with Gasteiger partial charge in [0, 0.05) is 37.2 Å². The Morgan fingerprint density at radius 1 is 0.889 bits per heavy atom. The maximum atomic E-state index is 13.0. The smallest absolute Gasteiger partial charge is 0.227 e. The van der Waals surface area contributed by atoms with Gasteiger partial charge in [0.1, 0.15) is 23.1 Å². The number of aromatic nitrogens is 2. The number of unbranched alkanes of at least 4 members (excludes halogenated alkanes) is 1. The molecule has 1 amide bonds. The third-order valence-corrected chi connectivity index (χ3v) is 6.64. The summed E-state index contributed by atoms with van der Waals surface area (Å²) in [5.74, 6) is 3.52. The average molecular weight is 486 g/mol. The molecule has 2 heterocycles. The van der Waals surface area contributed by atoms with Gasteiger partial charge in [-0.15, -0.1) is 0 Å². The topological polar surface area (TPSA) is 65.8 Å². The highest BCUT2D eigenvalue weighted by Crippen LogP contribution is 2.34. The number of fused-ring (bicyclic) bond motifs is 1. The minimum absolute atomic E-state index is 0.0339. The van der Waals surface area contributed by atoms with Gasteiger partial charge in [0.05, 0.1) is 31.9 Å². The fraction of sp³-hybridized carbons (Fsp3) is 0.310. The van der Waals surface area contributed by atoms with E-state index < -0.39 is 0 Å². The Kier molecular flexibility index (Phi) is 7.07. The molecule has 0 saturated carbocycles. The third kappa shape index (κ3) is 5.00. The molecule has 0 N–H and O–H groups in total. The fourth-order valence-electron chi connectivity index (χ4n) is 4.78. The second-order valence-electron chi connectivity index (χ2n) is 8.95. The number of methoxy groups -OCH3 is 2. The van der Waals surface area contributed by atoms with Gasteiger partial charge in [0.2, 0.25) is 5.91 Å². The van der Waals surface area contributed by atoms with Crippen LogP contribution in [0.5, 0.6) is 17.2 Å². The molecule has 7 heteroatoms. The second-order valence-corrected chi connectivity index (χ2v) is 8.95. The summed E-state index contributed by atoms with van der Waals surface area (Å²) in [6, 6.07) is 23.5. The zero-order valence-electron chi connectivity index (χ0n) is 20.7. The van der Waals surface area contributed by atoms with Crippen LogP contribution in [0.1, 0.15) is 31.0 Å². The molecule has 0 aliphatic carbocycles. The highest BCUT2D eigenvalue weighted by molar-refractivity contribution is 5.96. The van der Waals surface area contributed by atoms with Gasteiger partial charge in [-0.2, -0.15) is 0 Å². The van der Waals surface area contributed by atoms with Crippen molar-refractivity contribution in [3.8, 4) is 17.2 Å². The molecule has 1 aliphatic rings. The second kappa shape index (κ2) is 10.7. The molecule has 1 aliphatic heterocycles. The average Bonchev–Trinajstić information content (AvgIpc) is 3.49. The standard InChI is InChI=1S/C29H31N3O4/c1-34-23-12-14-24(15-13-23)36-17-6-5-16-31-27-11-4-3-10-26(27)30-29(31)21-18-28(33)32(20-21)22-8-7-9-25(19-22)35-2/h3-4,7-15,19,21H,5-6,16-18,20H2,1-2H3/t21-/m1/s1. The molecule has 186 valence electrons. The first-order valence-electron chi connectivity index (χ1n) is 12.3. The number of anilines is 1. The maximum Gasteiger partial charge on any atom is 0.227 e. The lowest BCUT2D eigenvalue weighted by molar-refractivity contribution is -0.117. The summed E-state index contributed by atoms with van der Waals surface area (Å²) in [5, 5.41) is 0. The maximum absolute atomic E-state index is 13.0. The Morgan fingerprint density at radius 2 is 1.67 bits per heavy atom. The molecular weight excluding hydrogens is 454 g/mol. The van der Waals surface area contributed by atoms with Gasteiger partial charge in [-0.05, 0) is 61.4 Å². The quantitative estimate of drug-likeness (QED) is 0.280. The number of amides is 1. The van der Waals surface area contributed by atoms with Crippen molar-refractivity contribution in [1.29, 1.82) is 0 Å². The summed E-state index contributed by atoms with van der Waals surface area (Å²) >= 11 is 0. The van der Waals surface area contributed by atoms with E-state index in [1.54, 1.807) is 14.2 Å². The van der Waals surface area contributed by atoms with Crippen molar-refractivity contribution in [2.45, 2.75) is 31.7 Å². The van der Waals surface area contributed by atoms with E-state index in [1.165, 1.54) is 0 Å². The molecule has 0 radical (unpaired) electrons. The molecule has 1 aromatic heterocycles. The number of carbonyl (C=O) groups is 1. The number of para-hydroxylation sites is 2. The van der Waals surface area contributed by atoms with Crippen LogP contribution in [-0.2, 0) is 11.3 Å². The first-order valence-corrected chi connectivity index (χ1v) is 12.3. The van der Waals surface area contributed by atoms with Crippen LogP contribution >= 0.6 is 0 Å². The highest BCUT2D eigenvalue weighted by Gasteiger charge is 2.35. The molecule has 1 fully saturated rings. The molecule has 7 nitrogen and oxygen atoms in total. The Bertz CT molecular complexity index is 1330. The molecule has 0 bridgehead atoms. The Balaban J connectivity index is 1.27. The van der Waals surface area contributed by atoms with Crippen LogP contribution < -0.4 is 19.1 Å². The number of hydrogen-bond acceptors (Lipinski definition) is 5.